The molecule has 0 aliphatic carbocycles. The van der Waals surface area contributed by atoms with Gasteiger partial charge in [0.25, 0.3) is 0 Å². The Bertz CT molecular complexity index is 366. The molecule has 0 aliphatic rings. The molecule has 2 aromatic heterocycles. The van der Waals surface area contributed by atoms with Crippen LogP contribution in [0.5, 0.6) is 0 Å². The van der Waals surface area contributed by atoms with Gasteiger partial charge in [-0.25, -0.2) is 0 Å². The van der Waals surface area contributed by atoms with E-state index in [1.165, 1.54) is 11.7 Å². The summed E-state index contributed by atoms with van der Waals surface area (Å²) in [6.45, 7) is 0.724. The summed E-state index contributed by atoms with van der Waals surface area (Å²) in [4.78, 5) is 0. The first-order valence-corrected chi connectivity index (χ1v) is 4.57. The second-order valence-corrected chi connectivity index (χ2v) is 3.15. The average Bonchev–Trinajstić information content (AvgIpc) is 2.72. The van der Waals surface area contributed by atoms with Gasteiger partial charge in [-0.2, -0.15) is 13.8 Å². The zero-order valence-corrected chi connectivity index (χ0v) is 7.95. The fourth-order valence-corrected chi connectivity index (χ4v) is 1.39. The second kappa shape index (κ2) is 3.53. The molecule has 0 bridgehead atoms. The summed E-state index contributed by atoms with van der Waals surface area (Å²) in [7, 11) is 1.91. The molecule has 0 atom stereocenters. The largest absolute Gasteiger partial charge is 0.362 e. The van der Waals surface area contributed by atoms with Crippen molar-refractivity contribution < 1.29 is 0 Å². The van der Waals surface area contributed by atoms with E-state index in [1.54, 1.807) is 12.4 Å². The molecule has 13 heavy (non-hydrogen) atoms. The molecular formula is C7H9N5S. The Labute approximate surface area is 79.7 Å². The predicted octanol–water partition coefficient (Wildman–Crippen LogP) is 0.884. The van der Waals surface area contributed by atoms with Crippen LogP contribution in [0.4, 0.5) is 5.82 Å². The van der Waals surface area contributed by atoms with Crippen LogP contribution in [0.15, 0.2) is 18.5 Å². The molecule has 2 aromatic rings. The first-order valence-electron chi connectivity index (χ1n) is 3.84. The maximum absolute atomic E-state index is 4.06. The van der Waals surface area contributed by atoms with E-state index in [2.05, 4.69) is 19.2 Å². The molecule has 0 aliphatic heterocycles. The summed E-state index contributed by atoms with van der Waals surface area (Å²) < 4.78 is 9.75. The molecule has 0 unspecified atom stereocenters. The van der Waals surface area contributed by atoms with Gasteiger partial charge in [0, 0.05) is 13.2 Å². The van der Waals surface area contributed by atoms with Crippen molar-refractivity contribution in [3.05, 3.63) is 24.2 Å². The molecular weight excluding hydrogens is 186 g/mol. The van der Waals surface area contributed by atoms with Crippen LogP contribution in [0.1, 0.15) is 5.69 Å². The van der Waals surface area contributed by atoms with Crippen LogP contribution < -0.4 is 5.32 Å². The lowest BCUT2D eigenvalue weighted by Crippen LogP contribution is -2.05. The Morgan fingerprint density at radius 2 is 2.54 bits per heavy atom. The Morgan fingerprint density at radius 3 is 3.15 bits per heavy atom. The molecule has 5 nitrogen and oxygen atoms in total. The third-order valence-electron chi connectivity index (χ3n) is 1.73. The van der Waals surface area contributed by atoms with Gasteiger partial charge < -0.3 is 5.32 Å². The van der Waals surface area contributed by atoms with Crippen molar-refractivity contribution in [2.45, 2.75) is 6.54 Å². The number of anilines is 1. The van der Waals surface area contributed by atoms with E-state index in [1.807, 2.05) is 17.8 Å². The lowest BCUT2D eigenvalue weighted by atomic mass is 10.4. The number of nitrogens with one attached hydrogen (secondary N) is 1. The first-order chi connectivity index (χ1) is 6.36. The van der Waals surface area contributed by atoms with Gasteiger partial charge in [-0.1, -0.05) is 0 Å². The molecule has 0 fully saturated rings. The number of rotatable bonds is 3. The van der Waals surface area contributed by atoms with Crippen molar-refractivity contribution in [2.75, 3.05) is 5.32 Å². The van der Waals surface area contributed by atoms with Crippen molar-refractivity contribution in [3.8, 4) is 0 Å². The number of aryl methyl sites for hydroxylation is 1. The quantitative estimate of drug-likeness (QED) is 0.790. The van der Waals surface area contributed by atoms with Crippen LogP contribution in [0.2, 0.25) is 0 Å². The number of hydrogen-bond acceptors (Lipinski definition) is 5. The summed E-state index contributed by atoms with van der Waals surface area (Å²) in [5.41, 5.74) is 1.12. The number of aromatic nitrogens is 4. The summed E-state index contributed by atoms with van der Waals surface area (Å²) in [6.07, 6.45) is 3.48. The molecule has 2 heterocycles. The normalized spacial score (nSPS) is 10.2. The van der Waals surface area contributed by atoms with Crippen LogP contribution in [-0.2, 0) is 13.6 Å². The minimum atomic E-state index is 0.724. The van der Waals surface area contributed by atoms with Crippen molar-refractivity contribution in [2.24, 2.45) is 7.05 Å². The van der Waals surface area contributed by atoms with Gasteiger partial charge in [0.2, 0.25) is 0 Å². The summed E-state index contributed by atoms with van der Waals surface area (Å²) in [6, 6.07) is 1.97. The van der Waals surface area contributed by atoms with Crippen molar-refractivity contribution in [3.63, 3.8) is 0 Å². The van der Waals surface area contributed by atoms with E-state index in [0.717, 1.165) is 18.1 Å². The molecule has 0 radical (unpaired) electrons. The minimum absolute atomic E-state index is 0.724. The maximum Gasteiger partial charge on any atom is 0.160 e. The Morgan fingerprint density at radius 1 is 1.62 bits per heavy atom. The van der Waals surface area contributed by atoms with Gasteiger partial charge in [-0.15, -0.1) is 0 Å². The third kappa shape index (κ3) is 1.83. The average molecular weight is 195 g/mol. The summed E-state index contributed by atoms with van der Waals surface area (Å²) >= 11 is 1.20. The topological polar surface area (TPSA) is 55.6 Å². The van der Waals surface area contributed by atoms with Crippen LogP contribution in [-0.4, -0.2) is 18.5 Å². The summed E-state index contributed by atoms with van der Waals surface area (Å²) in [5, 5.41) is 7.20. The molecule has 0 saturated carbocycles. The Hall–Kier alpha value is -1.43. The predicted molar refractivity (Wildman–Crippen MR) is 50.4 cm³/mol. The highest BCUT2D eigenvalue weighted by Crippen LogP contribution is 2.04. The maximum atomic E-state index is 4.06. The number of hydrogen-bond donors (Lipinski definition) is 1. The van der Waals surface area contributed by atoms with Crippen LogP contribution in [0, 0.1) is 0 Å². The van der Waals surface area contributed by atoms with Gasteiger partial charge in [-0.05, 0) is 6.07 Å². The monoisotopic (exact) mass is 195 g/mol. The highest BCUT2D eigenvalue weighted by atomic mass is 32.1. The lowest BCUT2D eigenvalue weighted by molar-refractivity contribution is 0.720. The van der Waals surface area contributed by atoms with Gasteiger partial charge >= 0.3 is 0 Å². The van der Waals surface area contributed by atoms with Crippen molar-refractivity contribution >= 4 is 17.5 Å². The van der Waals surface area contributed by atoms with Crippen molar-refractivity contribution in [1.29, 1.82) is 0 Å². The van der Waals surface area contributed by atoms with E-state index in [0.29, 0.717) is 0 Å². The van der Waals surface area contributed by atoms with E-state index in [-0.39, 0.29) is 0 Å². The zero-order chi connectivity index (χ0) is 9.10. The Kier molecular flexibility index (Phi) is 2.22. The minimum Gasteiger partial charge on any atom is -0.362 e. The molecule has 6 heteroatoms. The Balaban J connectivity index is 1.97. The molecule has 1 N–H and O–H groups in total. The SMILES string of the molecule is Cn1nccc1CNc1cnsn1. The molecule has 0 spiro atoms. The van der Waals surface area contributed by atoms with E-state index >= 15 is 0 Å². The highest BCUT2D eigenvalue weighted by Gasteiger charge is 1.99. The van der Waals surface area contributed by atoms with Crippen LogP contribution in [0.3, 0.4) is 0 Å². The van der Waals surface area contributed by atoms with Gasteiger partial charge in [0.1, 0.15) is 0 Å². The van der Waals surface area contributed by atoms with E-state index < -0.39 is 0 Å². The van der Waals surface area contributed by atoms with Crippen LogP contribution in [0.25, 0.3) is 0 Å². The number of nitrogens with zero attached hydrogens (tertiary/aromatic N) is 4. The molecule has 68 valence electrons. The molecule has 2 rings (SSSR count). The molecule has 0 saturated heterocycles. The fraction of sp³-hybridized carbons (Fsp3) is 0.286. The molecule has 0 aromatic carbocycles. The van der Waals surface area contributed by atoms with Gasteiger partial charge in [-0.3, -0.25) is 4.68 Å². The fourth-order valence-electron chi connectivity index (χ4n) is 0.998. The summed E-state index contributed by atoms with van der Waals surface area (Å²) in [5.74, 6) is 0.811. The standard InChI is InChI=1S/C7H9N5S/c1-12-6(2-3-9-12)4-8-7-5-10-13-11-7/h2-3,5H,4H2,1H3,(H,8,11). The van der Waals surface area contributed by atoms with E-state index in [4.69, 9.17) is 0 Å². The zero-order valence-electron chi connectivity index (χ0n) is 7.14. The van der Waals surface area contributed by atoms with Crippen LogP contribution >= 0.6 is 11.7 Å². The smallest absolute Gasteiger partial charge is 0.160 e. The second-order valence-electron chi connectivity index (χ2n) is 2.59. The van der Waals surface area contributed by atoms with Gasteiger partial charge in [0.15, 0.2) is 5.82 Å². The van der Waals surface area contributed by atoms with E-state index in [9.17, 15) is 0 Å². The molecule has 0 amide bonds. The van der Waals surface area contributed by atoms with Gasteiger partial charge in [0.05, 0.1) is 30.2 Å². The third-order valence-corrected chi connectivity index (χ3v) is 2.21. The highest BCUT2D eigenvalue weighted by molar-refractivity contribution is 6.99. The van der Waals surface area contributed by atoms with Crippen molar-refractivity contribution in [1.82, 2.24) is 18.5 Å². The first kappa shape index (κ1) is 8.18. The lowest BCUT2D eigenvalue weighted by Gasteiger charge is -2.01.